The largest absolute Gasteiger partial charge is 0.384 e. The number of anilines is 1. The van der Waals surface area contributed by atoms with E-state index in [1.165, 1.54) is 6.07 Å². The smallest absolute Gasteiger partial charge is 0.277 e. The predicted molar refractivity (Wildman–Crippen MR) is 85.0 cm³/mol. The fourth-order valence-electron chi connectivity index (χ4n) is 2.06. The molecule has 6 nitrogen and oxygen atoms in total. The van der Waals surface area contributed by atoms with Gasteiger partial charge in [-0.1, -0.05) is 6.92 Å². The fourth-order valence-corrected chi connectivity index (χ4v) is 2.51. The van der Waals surface area contributed by atoms with Crippen molar-refractivity contribution in [3.8, 4) is 0 Å². The number of nitrogens with zero attached hydrogens (tertiary/aromatic N) is 2. The normalized spacial score (nSPS) is 13.8. The first kappa shape index (κ1) is 15.4. The molecule has 21 heavy (non-hydrogen) atoms. The van der Waals surface area contributed by atoms with Crippen LogP contribution in [-0.2, 0) is 10.8 Å². The molecule has 0 fully saturated rings. The van der Waals surface area contributed by atoms with Crippen molar-refractivity contribution >= 4 is 32.9 Å². The molecule has 0 radical (unpaired) electrons. The molecule has 2 aromatic rings. The van der Waals surface area contributed by atoms with E-state index < -0.39 is 15.7 Å². The lowest BCUT2D eigenvalue weighted by Gasteiger charge is -2.12. The first-order valence-corrected chi connectivity index (χ1v) is 8.20. The van der Waals surface area contributed by atoms with Crippen LogP contribution in [0.15, 0.2) is 30.6 Å². The van der Waals surface area contributed by atoms with Gasteiger partial charge in [-0.25, -0.2) is 0 Å². The van der Waals surface area contributed by atoms with Crippen LogP contribution in [0.3, 0.4) is 0 Å². The molecule has 0 spiro atoms. The van der Waals surface area contributed by atoms with Crippen LogP contribution >= 0.6 is 0 Å². The summed E-state index contributed by atoms with van der Waals surface area (Å²) < 4.78 is 11.3. The summed E-state index contributed by atoms with van der Waals surface area (Å²) in [6.45, 7) is 2.59. The van der Waals surface area contributed by atoms with Gasteiger partial charge in [-0.15, -0.1) is 0 Å². The van der Waals surface area contributed by atoms with Gasteiger partial charge >= 0.3 is 0 Å². The number of nitro groups is 1. The zero-order valence-electron chi connectivity index (χ0n) is 11.9. The number of aromatic nitrogens is 1. The van der Waals surface area contributed by atoms with E-state index in [-0.39, 0.29) is 10.9 Å². The maximum atomic E-state index is 11.3. The van der Waals surface area contributed by atoms with E-state index in [0.717, 1.165) is 17.5 Å². The molecule has 0 aliphatic rings. The Balaban J connectivity index is 2.23. The topological polar surface area (TPSA) is 85.1 Å². The van der Waals surface area contributed by atoms with Crippen LogP contribution in [0.25, 0.3) is 10.8 Å². The molecule has 1 N–H and O–H groups in total. The fraction of sp³-hybridized carbons (Fsp3) is 0.357. The lowest BCUT2D eigenvalue weighted by molar-refractivity contribution is -0.383. The summed E-state index contributed by atoms with van der Waals surface area (Å²) in [5, 5.41) is 15.7. The van der Waals surface area contributed by atoms with Crippen molar-refractivity contribution in [3.63, 3.8) is 0 Å². The molecule has 1 heterocycles. The van der Waals surface area contributed by atoms with E-state index in [1.54, 1.807) is 30.8 Å². The van der Waals surface area contributed by atoms with E-state index in [0.29, 0.717) is 11.9 Å². The second-order valence-corrected chi connectivity index (χ2v) is 6.64. The first-order valence-electron chi connectivity index (χ1n) is 6.58. The van der Waals surface area contributed by atoms with E-state index in [9.17, 15) is 14.3 Å². The molecule has 0 saturated carbocycles. The third-order valence-corrected chi connectivity index (χ3v) is 4.79. The quantitative estimate of drug-likeness (QED) is 0.655. The van der Waals surface area contributed by atoms with Crippen LogP contribution in [0, 0.1) is 10.1 Å². The Bertz CT molecular complexity index is 690. The van der Waals surface area contributed by atoms with Gasteiger partial charge in [0.2, 0.25) is 0 Å². The molecular formula is C14H17N3O3S. The number of fused-ring (bicyclic) bond motifs is 1. The van der Waals surface area contributed by atoms with Crippen LogP contribution in [-0.4, -0.2) is 32.2 Å². The van der Waals surface area contributed by atoms with E-state index >= 15 is 0 Å². The Kier molecular flexibility index (Phi) is 4.85. The molecule has 112 valence electrons. The Hall–Kier alpha value is -2.02. The van der Waals surface area contributed by atoms with Crippen molar-refractivity contribution in [3.05, 3.63) is 40.7 Å². The van der Waals surface area contributed by atoms with Crippen molar-refractivity contribution in [2.75, 3.05) is 18.1 Å². The Labute approximate surface area is 125 Å². The van der Waals surface area contributed by atoms with Crippen LogP contribution in [0.4, 0.5) is 11.4 Å². The number of rotatable bonds is 6. The van der Waals surface area contributed by atoms with Gasteiger partial charge in [0.15, 0.2) is 0 Å². The molecule has 2 rings (SSSR count). The van der Waals surface area contributed by atoms with E-state index in [2.05, 4.69) is 10.3 Å². The maximum absolute atomic E-state index is 11.3. The van der Waals surface area contributed by atoms with Crippen molar-refractivity contribution < 1.29 is 9.13 Å². The summed E-state index contributed by atoms with van der Waals surface area (Å²) in [4.78, 5) is 14.7. The third kappa shape index (κ3) is 3.55. The van der Waals surface area contributed by atoms with Crippen molar-refractivity contribution in [1.82, 2.24) is 4.98 Å². The average Bonchev–Trinajstić information content (AvgIpc) is 2.46. The molecule has 1 aromatic heterocycles. The second kappa shape index (κ2) is 6.62. The number of nitrogens with one attached hydrogen (secondary N) is 1. The Morgan fingerprint density at radius 3 is 2.81 bits per heavy atom. The molecule has 1 aromatic carbocycles. The SMILES string of the molecule is CC(CCNc1ccc([N+](=O)[O-])c2ccncc12)S(C)=O. The van der Waals surface area contributed by atoms with Gasteiger partial charge in [0.05, 0.1) is 10.3 Å². The zero-order chi connectivity index (χ0) is 15.4. The molecule has 7 heteroatoms. The number of pyridine rings is 1. The lowest BCUT2D eigenvalue weighted by Crippen LogP contribution is -2.15. The molecule has 0 saturated heterocycles. The van der Waals surface area contributed by atoms with Gasteiger partial charge in [-0.3, -0.25) is 19.3 Å². The monoisotopic (exact) mass is 307 g/mol. The lowest BCUT2D eigenvalue weighted by atomic mass is 10.1. The van der Waals surface area contributed by atoms with Gasteiger partial charge < -0.3 is 5.32 Å². The highest BCUT2D eigenvalue weighted by Gasteiger charge is 2.14. The number of hydrogen-bond donors (Lipinski definition) is 1. The minimum atomic E-state index is -0.847. The van der Waals surface area contributed by atoms with Crippen molar-refractivity contribution in [2.24, 2.45) is 0 Å². The van der Waals surface area contributed by atoms with Crippen LogP contribution < -0.4 is 5.32 Å². The van der Waals surface area contributed by atoms with Gasteiger partial charge in [-0.2, -0.15) is 0 Å². The van der Waals surface area contributed by atoms with Crippen molar-refractivity contribution in [1.29, 1.82) is 0 Å². The predicted octanol–water partition coefficient (Wildman–Crippen LogP) is 2.71. The summed E-state index contributed by atoms with van der Waals surface area (Å²) in [7, 11) is -0.847. The third-order valence-electron chi connectivity index (χ3n) is 3.42. The summed E-state index contributed by atoms with van der Waals surface area (Å²) in [5.41, 5.74) is 0.874. The highest BCUT2D eigenvalue weighted by atomic mass is 32.2. The van der Waals surface area contributed by atoms with Crippen LogP contribution in [0.5, 0.6) is 0 Å². The minimum absolute atomic E-state index is 0.0704. The molecule has 2 unspecified atom stereocenters. The van der Waals surface area contributed by atoms with E-state index in [1.807, 2.05) is 6.92 Å². The van der Waals surface area contributed by atoms with Gasteiger partial charge in [0.1, 0.15) is 0 Å². The first-order chi connectivity index (χ1) is 10.0. The van der Waals surface area contributed by atoms with E-state index in [4.69, 9.17) is 0 Å². The Morgan fingerprint density at radius 2 is 2.14 bits per heavy atom. The number of non-ortho nitro benzene ring substituents is 1. The number of hydrogen-bond acceptors (Lipinski definition) is 5. The van der Waals surface area contributed by atoms with Gasteiger partial charge in [-0.05, 0) is 18.6 Å². The highest BCUT2D eigenvalue weighted by Crippen LogP contribution is 2.30. The molecule has 0 bridgehead atoms. The minimum Gasteiger partial charge on any atom is -0.384 e. The zero-order valence-corrected chi connectivity index (χ0v) is 12.7. The number of nitro benzene ring substituents is 1. The van der Waals surface area contributed by atoms with Gasteiger partial charge in [0.25, 0.3) is 5.69 Å². The average molecular weight is 307 g/mol. The molecular weight excluding hydrogens is 290 g/mol. The van der Waals surface area contributed by atoms with Gasteiger partial charge in [0, 0.05) is 58.4 Å². The number of benzene rings is 1. The molecule has 2 atom stereocenters. The standard InChI is InChI=1S/C14H17N3O3S/c1-10(21(2)20)5-8-16-13-3-4-14(17(18)19)11-6-7-15-9-12(11)13/h3-4,6-7,9-10,16H,5,8H2,1-2H3. The second-order valence-electron chi connectivity index (χ2n) is 4.84. The highest BCUT2D eigenvalue weighted by molar-refractivity contribution is 7.84. The molecule has 0 amide bonds. The molecule has 0 aliphatic heterocycles. The summed E-state index contributed by atoms with van der Waals surface area (Å²) in [6, 6.07) is 4.82. The Morgan fingerprint density at radius 1 is 1.38 bits per heavy atom. The summed E-state index contributed by atoms with van der Waals surface area (Å²) in [5.74, 6) is 0. The van der Waals surface area contributed by atoms with Crippen molar-refractivity contribution in [2.45, 2.75) is 18.6 Å². The van der Waals surface area contributed by atoms with Crippen LogP contribution in [0.2, 0.25) is 0 Å². The summed E-state index contributed by atoms with van der Waals surface area (Å²) >= 11 is 0. The molecule has 0 aliphatic carbocycles. The summed E-state index contributed by atoms with van der Waals surface area (Å²) in [6.07, 6.45) is 5.62. The maximum Gasteiger partial charge on any atom is 0.277 e. The van der Waals surface area contributed by atoms with Crippen LogP contribution in [0.1, 0.15) is 13.3 Å².